The maximum absolute atomic E-state index is 11.7. The molecular formula is C8H18NO4P. The second-order valence-corrected chi connectivity index (χ2v) is 5.75. The summed E-state index contributed by atoms with van der Waals surface area (Å²) >= 11 is 0. The topological polar surface area (TPSA) is 67.8 Å². The Morgan fingerprint density at radius 2 is 2.21 bits per heavy atom. The van der Waals surface area contributed by atoms with Crippen LogP contribution in [0.1, 0.15) is 12.8 Å². The minimum absolute atomic E-state index is 0.0219. The minimum Gasteiger partial charge on any atom is -0.391 e. The fourth-order valence-corrected chi connectivity index (χ4v) is 2.78. The highest BCUT2D eigenvalue weighted by molar-refractivity contribution is 7.53. The van der Waals surface area contributed by atoms with Gasteiger partial charge in [-0.1, -0.05) is 0 Å². The molecule has 2 atom stereocenters. The molecule has 0 saturated carbocycles. The van der Waals surface area contributed by atoms with Crippen molar-refractivity contribution < 1.29 is 18.7 Å². The van der Waals surface area contributed by atoms with Crippen molar-refractivity contribution in [2.24, 2.45) is 0 Å². The van der Waals surface area contributed by atoms with Crippen molar-refractivity contribution in [1.29, 1.82) is 0 Å². The minimum atomic E-state index is -3.08. The lowest BCUT2D eigenvalue weighted by atomic mass is 10.1. The van der Waals surface area contributed by atoms with Crippen molar-refractivity contribution in [3.8, 4) is 0 Å². The van der Waals surface area contributed by atoms with E-state index in [4.69, 9.17) is 9.05 Å². The highest BCUT2D eigenvalue weighted by Crippen LogP contribution is 2.47. The van der Waals surface area contributed by atoms with Gasteiger partial charge in [-0.15, -0.1) is 0 Å². The molecule has 0 spiro atoms. The number of nitrogens with one attached hydrogen (secondary N) is 1. The van der Waals surface area contributed by atoms with Gasteiger partial charge in [0.1, 0.15) is 0 Å². The predicted molar refractivity (Wildman–Crippen MR) is 53.5 cm³/mol. The van der Waals surface area contributed by atoms with Crippen LogP contribution in [0.5, 0.6) is 0 Å². The van der Waals surface area contributed by atoms with E-state index in [2.05, 4.69) is 5.32 Å². The van der Waals surface area contributed by atoms with E-state index in [9.17, 15) is 9.67 Å². The van der Waals surface area contributed by atoms with Crippen LogP contribution in [0.2, 0.25) is 0 Å². The van der Waals surface area contributed by atoms with E-state index in [0.29, 0.717) is 0 Å². The summed E-state index contributed by atoms with van der Waals surface area (Å²) in [5.41, 5.74) is 0. The molecule has 1 aliphatic rings. The smallest absolute Gasteiger partial charge is 0.332 e. The van der Waals surface area contributed by atoms with Gasteiger partial charge in [-0.3, -0.25) is 4.57 Å². The molecule has 6 heteroatoms. The van der Waals surface area contributed by atoms with Crippen LogP contribution in [0, 0.1) is 0 Å². The molecule has 0 aromatic carbocycles. The fourth-order valence-electron chi connectivity index (χ4n) is 1.62. The highest BCUT2D eigenvalue weighted by Gasteiger charge is 2.31. The number of hydrogen-bond donors (Lipinski definition) is 2. The maximum atomic E-state index is 11.7. The van der Waals surface area contributed by atoms with Gasteiger partial charge in [-0.05, 0) is 19.4 Å². The Morgan fingerprint density at radius 1 is 1.57 bits per heavy atom. The standard InChI is InChI=1S/C8H18NO4P/c1-12-14(11,13-2)6-8(10)7-4-3-5-9-7/h7-10H,3-6H2,1-2H3/t7-,8+/m0/s1. The van der Waals surface area contributed by atoms with Crippen LogP contribution in [-0.4, -0.2) is 44.2 Å². The lowest BCUT2D eigenvalue weighted by Crippen LogP contribution is -2.37. The number of rotatable bonds is 5. The van der Waals surface area contributed by atoms with Gasteiger partial charge in [-0.2, -0.15) is 0 Å². The van der Waals surface area contributed by atoms with Crippen molar-refractivity contribution >= 4 is 7.60 Å². The first kappa shape index (κ1) is 12.1. The molecule has 1 aliphatic heterocycles. The van der Waals surface area contributed by atoms with E-state index in [0.717, 1.165) is 19.4 Å². The zero-order chi connectivity index (χ0) is 10.6. The zero-order valence-corrected chi connectivity index (χ0v) is 9.50. The molecule has 14 heavy (non-hydrogen) atoms. The molecular weight excluding hydrogens is 205 g/mol. The summed E-state index contributed by atoms with van der Waals surface area (Å²) in [6.07, 6.45) is 1.35. The Bertz CT molecular complexity index is 209. The van der Waals surface area contributed by atoms with Gasteiger partial charge in [0.05, 0.1) is 12.3 Å². The molecule has 0 bridgehead atoms. The van der Waals surface area contributed by atoms with Crippen LogP contribution in [0.4, 0.5) is 0 Å². The van der Waals surface area contributed by atoms with Crippen LogP contribution >= 0.6 is 7.60 Å². The lowest BCUT2D eigenvalue weighted by Gasteiger charge is -2.21. The van der Waals surface area contributed by atoms with Crippen molar-refractivity contribution in [3.05, 3.63) is 0 Å². The zero-order valence-electron chi connectivity index (χ0n) is 8.60. The van der Waals surface area contributed by atoms with E-state index >= 15 is 0 Å². The molecule has 1 heterocycles. The number of aliphatic hydroxyl groups is 1. The monoisotopic (exact) mass is 223 g/mol. The molecule has 0 amide bonds. The highest BCUT2D eigenvalue weighted by atomic mass is 31.2. The molecule has 1 rings (SSSR count). The Hall–Kier alpha value is 0.0700. The quantitative estimate of drug-likeness (QED) is 0.667. The average Bonchev–Trinajstić information content (AvgIpc) is 2.70. The Morgan fingerprint density at radius 3 is 2.64 bits per heavy atom. The van der Waals surface area contributed by atoms with Gasteiger partial charge in [0.25, 0.3) is 0 Å². The predicted octanol–water partition coefficient (Wildman–Crippen LogP) is 0.585. The number of aliphatic hydroxyl groups excluding tert-OH is 1. The Kier molecular flexibility index (Phi) is 4.54. The molecule has 2 N–H and O–H groups in total. The fraction of sp³-hybridized carbons (Fsp3) is 1.00. The summed E-state index contributed by atoms with van der Waals surface area (Å²) in [5.74, 6) is 0. The third kappa shape index (κ3) is 3.04. The first-order valence-corrected chi connectivity index (χ1v) is 6.46. The number of hydrogen-bond acceptors (Lipinski definition) is 5. The molecule has 0 unspecified atom stereocenters. The van der Waals surface area contributed by atoms with Crippen molar-refractivity contribution in [2.75, 3.05) is 26.9 Å². The summed E-state index contributed by atoms with van der Waals surface area (Å²) in [5, 5.41) is 12.9. The first-order chi connectivity index (χ1) is 6.61. The molecule has 5 nitrogen and oxygen atoms in total. The van der Waals surface area contributed by atoms with Gasteiger partial charge >= 0.3 is 7.60 Å². The van der Waals surface area contributed by atoms with Gasteiger partial charge in [0, 0.05) is 20.3 Å². The van der Waals surface area contributed by atoms with Gasteiger partial charge in [0.2, 0.25) is 0 Å². The molecule has 0 aromatic rings. The van der Waals surface area contributed by atoms with E-state index in [1.807, 2.05) is 0 Å². The summed E-state index contributed by atoms with van der Waals surface area (Å²) in [4.78, 5) is 0. The van der Waals surface area contributed by atoms with E-state index < -0.39 is 13.7 Å². The van der Waals surface area contributed by atoms with Crippen LogP contribution in [0.3, 0.4) is 0 Å². The Balaban J connectivity index is 2.45. The average molecular weight is 223 g/mol. The van der Waals surface area contributed by atoms with E-state index in [-0.39, 0.29) is 12.2 Å². The normalized spacial score (nSPS) is 25.2. The van der Waals surface area contributed by atoms with Gasteiger partial charge in [-0.25, -0.2) is 0 Å². The van der Waals surface area contributed by atoms with E-state index in [1.165, 1.54) is 14.2 Å². The van der Waals surface area contributed by atoms with Crippen molar-refractivity contribution in [1.82, 2.24) is 5.32 Å². The maximum Gasteiger partial charge on any atom is 0.332 e. The molecule has 1 fully saturated rings. The summed E-state index contributed by atoms with van der Waals surface area (Å²) in [7, 11) is -0.415. The summed E-state index contributed by atoms with van der Waals surface area (Å²) in [6.45, 7) is 0.909. The summed E-state index contributed by atoms with van der Waals surface area (Å²) in [6, 6.07) is 0.0219. The summed E-state index contributed by atoms with van der Waals surface area (Å²) < 4.78 is 21.2. The molecule has 1 saturated heterocycles. The molecule has 0 aromatic heterocycles. The second-order valence-electron chi connectivity index (χ2n) is 3.43. The Labute approximate surface area is 84.3 Å². The largest absolute Gasteiger partial charge is 0.391 e. The van der Waals surface area contributed by atoms with Crippen LogP contribution < -0.4 is 5.32 Å². The van der Waals surface area contributed by atoms with Crippen LogP contribution in [0.15, 0.2) is 0 Å². The second kappa shape index (κ2) is 5.24. The van der Waals surface area contributed by atoms with E-state index in [1.54, 1.807) is 0 Å². The van der Waals surface area contributed by atoms with Crippen molar-refractivity contribution in [3.63, 3.8) is 0 Å². The van der Waals surface area contributed by atoms with Crippen LogP contribution in [0.25, 0.3) is 0 Å². The SMILES string of the molecule is COP(=O)(C[C@@H](O)[C@@H]1CCCN1)OC. The van der Waals surface area contributed by atoms with Crippen LogP contribution in [-0.2, 0) is 13.6 Å². The van der Waals surface area contributed by atoms with Crippen molar-refractivity contribution in [2.45, 2.75) is 25.0 Å². The lowest BCUT2D eigenvalue weighted by molar-refractivity contribution is 0.145. The molecule has 0 aliphatic carbocycles. The first-order valence-electron chi connectivity index (χ1n) is 4.73. The molecule has 84 valence electrons. The van der Waals surface area contributed by atoms with Gasteiger partial charge in [0.15, 0.2) is 0 Å². The van der Waals surface area contributed by atoms with Gasteiger partial charge < -0.3 is 19.5 Å². The molecule has 0 radical (unpaired) electrons. The third-order valence-corrected chi connectivity index (χ3v) is 4.46. The third-order valence-electron chi connectivity index (χ3n) is 2.53.